The Balaban J connectivity index is 2.13. The first-order valence-corrected chi connectivity index (χ1v) is 4.61. The van der Waals surface area contributed by atoms with Gasteiger partial charge in [-0.2, -0.15) is 0 Å². The fraction of sp³-hybridized carbons (Fsp3) is 0.500. The third-order valence-corrected chi connectivity index (χ3v) is 2.52. The first-order valence-electron chi connectivity index (χ1n) is 4.61. The first kappa shape index (κ1) is 8.51. The lowest BCUT2D eigenvalue weighted by atomic mass is 10.0. The normalized spacial score (nSPS) is 28.0. The minimum absolute atomic E-state index is 0.0319. The fourth-order valence-corrected chi connectivity index (χ4v) is 1.75. The monoisotopic (exact) mass is 177 g/mol. The van der Waals surface area contributed by atoms with E-state index in [1.165, 1.54) is 5.69 Å². The van der Waals surface area contributed by atoms with Crippen molar-refractivity contribution < 1.29 is 0 Å². The molecule has 13 heavy (non-hydrogen) atoms. The maximum Gasteiger partial charge on any atom is 0.0553 e. The van der Waals surface area contributed by atoms with Gasteiger partial charge in [-0.1, -0.05) is 0 Å². The summed E-state index contributed by atoms with van der Waals surface area (Å²) in [5.74, 6) is 0. The molecule has 3 nitrogen and oxygen atoms in total. The SMILES string of the molecule is CC1(N)CCN(c2cccnc2)C1. The van der Waals surface area contributed by atoms with Crippen LogP contribution >= 0.6 is 0 Å². The number of rotatable bonds is 1. The Bertz CT molecular complexity index is 281. The van der Waals surface area contributed by atoms with Crippen LogP contribution in [0.2, 0.25) is 0 Å². The zero-order chi connectivity index (χ0) is 9.31. The van der Waals surface area contributed by atoms with Crippen molar-refractivity contribution in [2.75, 3.05) is 18.0 Å². The summed E-state index contributed by atoms with van der Waals surface area (Å²) in [6.45, 7) is 4.07. The topological polar surface area (TPSA) is 42.1 Å². The summed E-state index contributed by atoms with van der Waals surface area (Å²) in [7, 11) is 0. The van der Waals surface area contributed by atoms with E-state index >= 15 is 0 Å². The molecule has 1 aromatic rings. The van der Waals surface area contributed by atoms with Crippen molar-refractivity contribution >= 4 is 5.69 Å². The van der Waals surface area contributed by atoms with Crippen LogP contribution in [0.4, 0.5) is 5.69 Å². The molecular weight excluding hydrogens is 162 g/mol. The largest absolute Gasteiger partial charge is 0.368 e. The maximum atomic E-state index is 6.04. The Morgan fingerprint density at radius 1 is 1.62 bits per heavy atom. The molecule has 0 spiro atoms. The van der Waals surface area contributed by atoms with Crippen LogP contribution in [-0.4, -0.2) is 23.6 Å². The first-order chi connectivity index (χ1) is 6.17. The van der Waals surface area contributed by atoms with Gasteiger partial charge in [-0.25, -0.2) is 0 Å². The Labute approximate surface area is 78.6 Å². The Kier molecular flexibility index (Phi) is 1.96. The highest BCUT2D eigenvalue weighted by Gasteiger charge is 2.29. The molecule has 1 aromatic heterocycles. The van der Waals surface area contributed by atoms with Crippen LogP contribution in [0, 0.1) is 0 Å². The average molecular weight is 177 g/mol. The van der Waals surface area contributed by atoms with Gasteiger partial charge in [0.1, 0.15) is 0 Å². The van der Waals surface area contributed by atoms with E-state index in [0.29, 0.717) is 0 Å². The molecular formula is C10H15N3. The van der Waals surface area contributed by atoms with Gasteiger partial charge in [0.05, 0.1) is 11.9 Å². The molecule has 0 aliphatic carbocycles. The van der Waals surface area contributed by atoms with E-state index in [9.17, 15) is 0 Å². The molecule has 2 rings (SSSR count). The molecule has 1 saturated heterocycles. The summed E-state index contributed by atoms with van der Waals surface area (Å²) in [6.07, 6.45) is 4.74. The van der Waals surface area contributed by atoms with Gasteiger partial charge in [0.2, 0.25) is 0 Å². The Hall–Kier alpha value is -1.09. The van der Waals surface area contributed by atoms with Crippen molar-refractivity contribution in [2.24, 2.45) is 5.73 Å². The van der Waals surface area contributed by atoms with E-state index in [1.807, 2.05) is 12.3 Å². The van der Waals surface area contributed by atoms with Crippen LogP contribution < -0.4 is 10.6 Å². The van der Waals surface area contributed by atoms with Gasteiger partial charge in [-0.15, -0.1) is 0 Å². The van der Waals surface area contributed by atoms with Crippen molar-refractivity contribution in [2.45, 2.75) is 18.9 Å². The summed E-state index contributed by atoms with van der Waals surface area (Å²) in [6, 6.07) is 4.04. The third kappa shape index (κ3) is 1.80. The molecule has 0 saturated carbocycles. The Morgan fingerprint density at radius 2 is 2.46 bits per heavy atom. The number of hydrogen-bond donors (Lipinski definition) is 1. The fourth-order valence-electron chi connectivity index (χ4n) is 1.75. The summed E-state index contributed by atoms with van der Waals surface area (Å²) in [5.41, 5.74) is 7.19. The molecule has 1 aliphatic rings. The highest BCUT2D eigenvalue weighted by atomic mass is 15.2. The minimum atomic E-state index is -0.0319. The van der Waals surface area contributed by atoms with Crippen LogP contribution in [0.15, 0.2) is 24.5 Å². The molecule has 0 aromatic carbocycles. The minimum Gasteiger partial charge on any atom is -0.368 e. The second-order valence-electron chi connectivity index (χ2n) is 4.04. The van der Waals surface area contributed by atoms with Gasteiger partial charge < -0.3 is 10.6 Å². The molecule has 0 radical (unpaired) electrons. The average Bonchev–Trinajstić information content (AvgIpc) is 2.48. The lowest BCUT2D eigenvalue weighted by Gasteiger charge is -2.20. The quantitative estimate of drug-likeness (QED) is 0.696. The number of pyridine rings is 1. The van der Waals surface area contributed by atoms with E-state index in [-0.39, 0.29) is 5.54 Å². The van der Waals surface area contributed by atoms with Crippen molar-refractivity contribution in [3.05, 3.63) is 24.5 Å². The van der Waals surface area contributed by atoms with Crippen LogP contribution in [-0.2, 0) is 0 Å². The number of nitrogens with two attached hydrogens (primary N) is 1. The molecule has 70 valence electrons. The van der Waals surface area contributed by atoms with E-state index in [1.54, 1.807) is 6.20 Å². The summed E-state index contributed by atoms with van der Waals surface area (Å²) in [4.78, 5) is 6.38. The van der Waals surface area contributed by atoms with Gasteiger partial charge in [0, 0.05) is 24.8 Å². The standard InChI is InChI=1S/C10H15N3/c1-10(11)4-6-13(8-10)9-3-2-5-12-7-9/h2-3,5,7H,4,6,8,11H2,1H3. The predicted molar refractivity (Wildman–Crippen MR) is 53.7 cm³/mol. The zero-order valence-corrected chi connectivity index (χ0v) is 7.90. The Morgan fingerprint density at radius 3 is 3.00 bits per heavy atom. The van der Waals surface area contributed by atoms with Gasteiger partial charge >= 0.3 is 0 Å². The molecule has 0 bridgehead atoms. The number of anilines is 1. The van der Waals surface area contributed by atoms with E-state index < -0.39 is 0 Å². The van der Waals surface area contributed by atoms with Crippen molar-refractivity contribution in [3.8, 4) is 0 Å². The number of hydrogen-bond acceptors (Lipinski definition) is 3. The third-order valence-electron chi connectivity index (χ3n) is 2.52. The maximum absolute atomic E-state index is 6.04. The van der Waals surface area contributed by atoms with E-state index in [2.05, 4.69) is 22.9 Å². The molecule has 1 atom stereocenters. The summed E-state index contributed by atoms with van der Waals surface area (Å²) >= 11 is 0. The van der Waals surface area contributed by atoms with Crippen LogP contribution in [0.3, 0.4) is 0 Å². The van der Waals surface area contributed by atoms with Crippen molar-refractivity contribution in [1.29, 1.82) is 0 Å². The van der Waals surface area contributed by atoms with Gasteiger partial charge in [0.25, 0.3) is 0 Å². The number of aromatic nitrogens is 1. The van der Waals surface area contributed by atoms with E-state index in [4.69, 9.17) is 5.73 Å². The van der Waals surface area contributed by atoms with Crippen LogP contribution in [0.25, 0.3) is 0 Å². The highest BCUT2D eigenvalue weighted by molar-refractivity contribution is 5.45. The highest BCUT2D eigenvalue weighted by Crippen LogP contribution is 2.23. The molecule has 0 amide bonds. The lowest BCUT2D eigenvalue weighted by molar-refractivity contribution is 0.525. The predicted octanol–water partition coefficient (Wildman–Crippen LogP) is 1.01. The van der Waals surface area contributed by atoms with E-state index in [0.717, 1.165) is 19.5 Å². The molecule has 2 N–H and O–H groups in total. The molecule has 3 heteroatoms. The zero-order valence-electron chi connectivity index (χ0n) is 7.90. The van der Waals surface area contributed by atoms with Crippen molar-refractivity contribution in [3.63, 3.8) is 0 Å². The summed E-state index contributed by atoms with van der Waals surface area (Å²) in [5, 5.41) is 0. The van der Waals surface area contributed by atoms with Crippen LogP contribution in [0.1, 0.15) is 13.3 Å². The smallest absolute Gasteiger partial charge is 0.0553 e. The summed E-state index contributed by atoms with van der Waals surface area (Å²) < 4.78 is 0. The molecule has 1 aliphatic heterocycles. The second kappa shape index (κ2) is 3.00. The number of nitrogens with zero attached hydrogens (tertiary/aromatic N) is 2. The van der Waals surface area contributed by atoms with Crippen molar-refractivity contribution in [1.82, 2.24) is 4.98 Å². The molecule has 2 heterocycles. The van der Waals surface area contributed by atoms with Gasteiger partial charge in [-0.05, 0) is 25.5 Å². The molecule has 1 unspecified atom stereocenters. The van der Waals surface area contributed by atoms with Gasteiger partial charge in [0.15, 0.2) is 0 Å². The molecule has 1 fully saturated rings. The lowest BCUT2D eigenvalue weighted by Crippen LogP contribution is -2.39. The van der Waals surface area contributed by atoms with Gasteiger partial charge in [-0.3, -0.25) is 4.98 Å². The second-order valence-corrected chi connectivity index (χ2v) is 4.04. The van der Waals surface area contributed by atoms with Crippen LogP contribution in [0.5, 0.6) is 0 Å².